The first-order chi connectivity index (χ1) is 7.77. The van der Waals surface area contributed by atoms with Crippen molar-refractivity contribution in [1.82, 2.24) is 0 Å². The summed E-state index contributed by atoms with van der Waals surface area (Å²) in [5.74, 6) is 1.00. The van der Waals surface area contributed by atoms with Gasteiger partial charge in [0, 0.05) is 0 Å². The third kappa shape index (κ3) is 2.70. The Balaban J connectivity index is 0.000000606. The molecule has 1 saturated carbocycles. The van der Waals surface area contributed by atoms with Crippen LogP contribution in [0.25, 0.3) is 0 Å². The molecule has 0 heteroatoms. The SMILES string of the molecule is CC.CCCCC1=CCC2CCCCC12C. The molecule has 0 aromatic rings. The van der Waals surface area contributed by atoms with Gasteiger partial charge in [0.05, 0.1) is 0 Å². The van der Waals surface area contributed by atoms with Crippen LogP contribution in [0, 0.1) is 11.3 Å². The number of fused-ring (bicyclic) bond motifs is 1. The summed E-state index contributed by atoms with van der Waals surface area (Å²) < 4.78 is 0. The molecule has 94 valence electrons. The molecule has 0 aromatic carbocycles. The zero-order valence-electron chi connectivity index (χ0n) is 11.8. The van der Waals surface area contributed by atoms with E-state index >= 15 is 0 Å². The Bertz CT molecular complexity index is 226. The minimum Gasteiger partial charge on any atom is -0.0845 e. The molecule has 0 amide bonds. The van der Waals surface area contributed by atoms with Crippen molar-refractivity contribution >= 4 is 0 Å². The molecule has 2 unspecified atom stereocenters. The number of allylic oxidation sites excluding steroid dienone is 2. The highest BCUT2D eigenvalue weighted by Crippen LogP contribution is 2.53. The van der Waals surface area contributed by atoms with Crippen molar-refractivity contribution < 1.29 is 0 Å². The number of hydrogen-bond donors (Lipinski definition) is 0. The Morgan fingerprint density at radius 2 is 2.06 bits per heavy atom. The lowest BCUT2D eigenvalue weighted by molar-refractivity contribution is 0.174. The molecule has 2 atom stereocenters. The van der Waals surface area contributed by atoms with Crippen LogP contribution in [0.15, 0.2) is 11.6 Å². The van der Waals surface area contributed by atoms with Crippen LogP contribution in [-0.4, -0.2) is 0 Å². The van der Waals surface area contributed by atoms with E-state index in [0.717, 1.165) is 5.92 Å². The summed E-state index contributed by atoms with van der Waals surface area (Å²) in [6.07, 6.45) is 14.0. The topological polar surface area (TPSA) is 0 Å². The molecule has 2 rings (SSSR count). The van der Waals surface area contributed by atoms with Crippen LogP contribution in [0.1, 0.15) is 79.1 Å². The molecular formula is C16H30. The van der Waals surface area contributed by atoms with Crippen LogP contribution in [-0.2, 0) is 0 Å². The second-order valence-electron chi connectivity index (χ2n) is 5.43. The van der Waals surface area contributed by atoms with Crippen molar-refractivity contribution in [2.75, 3.05) is 0 Å². The van der Waals surface area contributed by atoms with Gasteiger partial charge in [-0.3, -0.25) is 0 Å². The molecule has 2 aliphatic rings. The maximum Gasteiger partial charge on any atom is -0.00852 e. The Labute approximate surface area is 103 Å². The summed E-state index contributed by atoms with van der Waals surface area (Å²) in [5, 5.41) is 0. The largest absolute Gasteiger partial charge is 0.0845 e. The van der Waals surface area contributed by atoms with Crippen LogP contribution < -0.4 is 0 Å². The Kier molecular flexibility index (Phi) is 5.58. The van der Waals surface area contributed by atoms with Gasteiger partial charge in [-0.1, -0.05) is 58.6 Å². The van der Waals surface area contributed by atoms with Crippen molar-refractivity contribution in [2.24, 2.45) is 11.3 Å². The fraction of sp³-hybridized carbons (Fsp3) is 0.875. The summed E-state index contributed by atoms with van der Waals surface area (Å²) in [4.78, 5) is 0. The van der Waals surface area contributed by atoms with Gasteiger partial charge >= 0.3 is 0 Å². The van der Waals surface area contributed by atoms with Crippen LogP contribution in [0.2, 0.25) is 0 Å². The summed E-state index contributed by atoms with van der Waals surface area (Å²) in [5.41, 5.74) is 2.43. The predicted molar refractivity (Wildman–Crippen MR) is 73.6 cm³/mol. The lowest BCUT2D eigenvalue weighted by Gasteiger charge is -2.39. The number of hydrogen-bond acceptors (Lipinski definition) is 0. The molecule has 2 aliphatic carbocycles. The smallest absolute Gasteiger partial charge is 0.00852 e. The quantitative estimate of drug-likeness (QED) is 0.535. The predicted octanol–water partition coefficient (Wildman–Crippen LogP) is 5.73. The van der Waals surface area contributed by atoms with Gasteiger partial charge in [0.2, 0.25) is 0 Å². The molecule has 1 fully saturated rings. The number of unbranched alkanes of at least 4 members (excludes halogenated alkanes) is 1. The van der Waals surface area contributed by atoms with Gasteiger partial charge in [0.25, 0.3) is 0 Å². The second-order valence-corrected chi connectivity index (χ2v) is 5.43. The molecule has 0 N–H and O–H groups in total. The van der Waals surface area contributed by atoms with Crippen LogP contribution in [0.3, 0.4) is 0 Å². The van der Waals surface area contributed by atoms with Gasteiger partial charge in [-0.25, -0.2) is 0 Å². The fourth-order valence-electron chi connectivity index (χ4n) is 3.48. The molecule has 0 heterocycles. The third-order valence-corrected chi connectivity index (χ3v) is 4.58. The molecule has 0 aromatic heterocycles. The monoisotopic (exact) mass is 222 g/mol. The van der Waals surface area contributed by atoms with Crippen molar-refractivity contribution in [2.45, 2.75) is 79.1 Å². The van der Waals surface area contributed by atoms with E-state index in [1.54, 1.807) is 0 Å². The highest BCUT2D eigenvalue weighted by atomic mass is 14.5. The van der Waals surface area contributed by atoms with E-state index in [9.17, 15) is 0 Å². The summed E-state index contributed by atoms with van der Waals surface area (Å²) in [6, 6.07) is 0. The van der Waals surface area contributed by atoms with Crippen LogP contribution in [0.5, 0.6) is 0 Å². The molecule has 0 aliphatic heterocycles. The van der Waals surface area contributed by atoms with E-state index in [1.165, 1.54) is 51.4 Å². The molecular weight excluding hydrogens is 192 g/mol. The Morgan fingerprint density at radius 3 is 2.75 bits per heavy atom. The zero-order valence-corrected chi connectivity index (χ0v) is 11.8. The van der Waals surface area contributed by atoms with Gasteiger partial charge in [-0.2, -0.15) is 0 Å². The summed E-state index contributed by atoms with van der Waals surface area (Å²) >= 11 is 0. The molecule has 0 spiro atoms. The van der Waals surface area contributed by atoms with Gasteiger partial charge in [-0.05, 0) is 43.4 Å². The highest BCUT2D eigenvalue weighted by Gasteiger charge is 2.41. The average Bonchev–Trinajstić information content (AvgIpc) is 2.66. The van der Waals surface area contributed by atoms with E-state index in [2.05, 4.69) is 19.9 Å². The van der Waals surface area contributed by atoms with E-state index in [-0.39, 0.29) is 0 Å². The van der Waals surface area contributed by atoms with E-state index < -0.39 is 0 Å². The third-order valence-electron chi connectivity index (χ3n) is 4.58. The van der Waals surface area contributed by atoms with Gasteiger partial charge < -0.3 is 0 Å². The second kappa shape index (κ2) is 6.47. The van der Waals surface area contributed by atoms with E-state index in [0.29, 0.717) is 5.41 Å². The highest BCUT2D eigenvalue weighted by molar-refractivity contribution is 5.22. The zero-order chi connectivity index (χ0) is 12.0. The standard InChI is InChI=1S/C14H24.C2H6/c1-3-4-7-12-9-10-13-8-5-6-11-14(12,13)2;1-2/h9,13H,3-8,10-11H2,1-2H3;1-2H3. The molecule has 16 heavy (non-hydrogen) atoms. The van der Waals surface area contributed by atoms with E-state index in [1.807, 2.05) is 19.4 Å². The maximum absolute atomic E-state index is 2.58. The molecule has 0 nitrogen and oxygen atoms in total. The fourth-order valence-corrected chi connectivity index (χ4v) is 3.48. The first-order valence-electron chi connectivity index (χ1n) is 7.47. The maximum atomic E-state index is 2.58. The minimum absolute atomic E-state index is 0.618. The van der Waals surface area contributed by atoms with E-state index in [4.69, 9.17) is 0 Å². The van der Waals surface area contributed by atoms with Crippen molar-refractivity contribution in [3.63, 3.8) is 0 Å². The molecule has 0 bridgehead atoms. The normalized spacial score (nSPS) is 32.5. The van der Waals surface area contributed by atoms with Crippen molar-refractivity contribution in [3.8, 4) is 0 Å². The summed E-state index contributed by atoms with van der Waals surface area (Å²) in [6.45, 7) is 8.83. The van der Waals surface area contributed by atoms with Crippen LogP contribution >= 0.6 is 0 Å². The van der Waals surface area contributed by atoms with Gasteiger partial charge in [-0.15, -0.1) is 0 Å². The Morgan fingerprint density at radius 1 is 1.31 bits per heavy atom. The first kappa shape index (κ1) is 13.8. The summed E-state index contributed by atoms with van der Waals surface area (Å²) in [7, 11) is 0. The van der Waals surface area contributed by atoms with Crippen LogP contribution in [0.4, 0.5) is 0 Å². The molecule has 0 radical (unpaired) electrons. The first-order valence-corrected chi connectivity index (χ1v) is 7.47. The lowest BCUT2D eigenvalue weighted by atomic mass is 9.66. The number of rotatable bonds is 3. The minimum atomic E-state index is 0.618. The van der Waals surface area contributed by atoms with Crippen molar-refractivity contribution in [1.29, 1.82) is 0 Å². The molecule has 0 saturated heterocycles. The van der Waals surface area contributed by atoms with Crippen molar-refractivity contribution in [3.05, 3.63) is 11.6 Å². The van der Waals surface area contributed by atoms with Gasteiger partial charge in [0.15, 0.2) is 0 Å². The Hall–Kier alpha value is -0.260. The van der Waals surface area contributed by atoms with Gasteiger partial charge in [0.1, 0.15) is 0 Å². The average molecular weight is 222 g/mol. The lowest BCUT2D eigenvalue weighted by Crippen LogP contribution is -2.28.